The Hall–Kier alpha value is 1.84. The lowest BCUT2D eigenvalue weighted by atomic mass is 10.3. The predicted octanol–water partition coefficient (Wildman–Crippen LogP) is 5.31. The monoisotopic (exact) mass is 422 g/mol. The maximum atomic E-state index is 12.7. The fourth-order valence-electron chi connectivity index (χ4n) is 0.356. The van der Waals surface area contributed by atoms with Crippen molar-refractivity contribution in [3.63, 3.8) is 0 Å². The lowest BCUT2D eigenvalue weighted by molar-refractivity contribution is 0.0299. The summed E-state index contributed by atoms with van der Waals surface area (Å²) in [5.74, 6) is 0. The predicted molar refractivity (Wildman–Crippen MR) is 56.6 cm³/mol. The minimum absolute atomic E-state index is 1.71. The Morgan fingerprint density at radius 2 is 0.786 bits per heavy atom. The van der Waals surface area contributed by atoms with Crippen LogP contribution in [0.15, 0.2) is 0 Å². The number of hydrogen-bond acceptors (Lipinski definition) is 0. The molecule has 0 aromatic carbocycles. The zero-order valence-corrected chi connectivity index (χ0v) is 12.0. The lowest BCUT2D eigenvalue weighted by Crippen LogP contribution is -2.55. The first kappa shape index (κ1) is 15.8. The molecule has 0 bridgehead atoms. The van der Waals surface area contributed by atoms with Gasteiger partial charge in [-0.3, -0.25) is 0 Å². The second kappa shape index (κ2) is 4.26. The van der Waals surface area contributed by atoms with Gasteiger partial charge >= 0.3 is 9.66 Å². The van der Waals surface area contributed by atoms with Gasteiger partial charge in [0.05, 0.1) is 0 Å². The number of alkyl halides is 10. The molecule has 86 valence electrons. The summed E-state index contributed by atoms with van der Waals surface area (Å²) in [7, 11) is 0. The van der Waals surface area contributed by atoms with Crippen LogP contribution in [0.5, 0.6) is 0 Å². The summed E-state index contributed by atoms with van der Waals surface area (Å²) in [5.41, 5.74) is 0. The van der Waals surface area contributed by atoms with Crippen molar-refractivity contribution in [2.75, 3.05) is 0 Å². The summed E-state index contributed by atoms with van der Waals surface area (Å²) in [6.45, 7) is 0. The molecule has 0 aromatic rings. The van der Waals surface area contributed by atoms with Crippen LogP contribution in [0, 0.1) is 0 Å². The minimum atomic E-state index is -4.09. The molecule has 0 nitrogen and oxygen atoms in total. The summed E-state index contributed by atoms with van der Waals surface area (Å²) in [6.07, 6.45) is 0. The highest BCUT2D eigenvalue weighted by Gasteiger charge is 2.71. The maximum Gasteiger partial charge on any atom is 0.336 e. The molecule has 0 rings (SSSR count). The third-order valence-corrected chi connectivity index (χ3v) is 5.68. The lowest BCUT2D eigenvalue weighted by Gasteiger charge is -2.37. The van der Waals surface area contributed by atoms with Crippen molar-refractivity contribution >= 4 is 78.3 Å². The van der Waals surface area contributed by atoms with E-state index in [1.807, 2.05) is 0 Å². The molecule has 0 amide bonds. The summed E-state index contributed by atoms with van der Waals surface area (Å²) >= 11 is 23.3. The number of halogens is 10. The summed E-state index contributed by atoms with van der Waals surface area (Å²) in [4.78, 5) is -8.19. The molecule has 0 saturated carbocycles. The fraction of sp³-hybridized carbons (Fsp3) is 1.00. The first-order valence-electron chi connectivity index (χ1n) is 2.64. The molecular formula is C4Br2Cl4F4. The van der Waals surface area contributed by atoms with Gasteiger partial charge in [-0.1, -0.05) is 46.4 Å². The quantitative estimate of drug-likeness (QED) is 0.425. The van der Waals surface area contributed by atoms with E-state index >= 15 is 0 Å². The maximum absolute atomic E-state index is 12.7. The van der Waals surface area contributed by atoms with E-state index in [-0.39, 0.29) is 0 Å². The summed E-state index contributed by atoms with van der Waals surface area (Å²) in [5, 5.41) is 0. The van der Waals surface area contributed by atoms with E-state index in [1.165, 1.54) is 0 Å². The van der Waals surface area contributed by atoms with Crippen LogP contribution in [-0.2, 0) is 0 Å². The van der Waals surface area contributed by atoms with Crippen molar-refractivity contribution in [2.45, 2.75) is 18.3 Å². The SMILES string of the molecule is FC(F)(Br)C(Cl)(Cl)C(Cl)(Cl)C(F)(F)Br. The van der Waals surface area contributed by atoms with E-state index in [9.17, 15) is 17.6 Å². The topological polar surface area (TPSA) is 0 Å². The van der Waals surface area contributed by atoms with Gasteiger partial charge in [-0.05, 0) is 31.9 Å². The van der Waals surface area contributed by atoms with Crippen LogP contribution in [0.3, 0.4) is 0 Å². The van der Waals surface area contributed by atoms with E-state index in [1.54, 1.807) is 31.9 Å². The van der Waals surface area contributed by atoms with Gasteiger partial charge in [0.1, 0.15) is 0 Å². The average Bonchev–Trinajstić information content (AvgIpc) is 1.81. The molecular weight excluding hydrogens is 426 g/mol. The molecule has 0 spiro atoms. The fourth-order valence-corrected chi connectivity index (χ4v) is 1.88. The van der Waals surface area contributed by atoms with Gasteiger partial charge in [-0.25, -0.2) is 0 Å². The van der Waals surface area contributed by atoms with E-state index in [0.29, 0.717) is 0 Å². The molecule has 0 atom stereocenters. The highest BCUT2D eigenvalue weighted by molar-refractivity contribution is 9.10. The Labute approximate surface area is 113 Å². The Balaban J connectivity index is 5.30. The van der Waals surface area contributed by atoms with Gasteiger partial charge in [0.15, 0.2) is 0 Å². The van der Waals surface area contributed by atoms with Crippen LogP contribution in [-0.4, -0.2) is 18.3 Å². The Bertz CT molecular complexity index is 196. The molecule has 0 saturated heterocycles. The molecule has 0 aliphatic heterocycles. The second-order valence-corrected chi connectivity index (χ2v) is 6.79. The zero-order chi connectivity index (χ0) is 12.0. The molecule has 0 unspecified atom stereocenters. The Kier molecular flexibility index (Phi) is 4.82. The van der Waals surface area contributed by atoms with Gasteiger partial charge in [0.25, 0.3) is 0 Å². The molecule has 0 aliphatic rings. The molecule has 14 heavy (non-hydrogen) atoms. The highest BCUT2D eigenvalue weighted by Crippen LogP contribution is 2.61. The van der Waals surface area contributed by atoms with Crippen LogP contribution in [0.1, 0.15) is 0 Å². The molecule has 0 fully saturated rings. The molecule has 0 aliphatic carbocycles. The van der Waals surface area contributed by atoms with Crippen molar-refractivity contribution < 1.29 is 17.6 Å². The highest BCUT2D eigenvalue weighted by atomic mass is 79.9. The van der Waals surface area contributed by atoms with Gasteiger partial charge < -0.3 is 0 Å². The first-order valence-corrected chi connectivity index (χ1v) is 5.74. The first-order chi connectivity index (χ1) is 5.75. The molecule has 10 heteroatoms. The van der Waals surface area contributed by atoms with Crippen molar-refractivity contribution in [3.05, 3.63) is 0 Å². The van der Waals surface area contributed by atoms with Crippen LogP contribution >= 0.6 is 78.3 Å². The normalized spacial score (nSPS) is 15.9. The third-order valence-electron chi connectivity index (χ3n) is 1.11. The van der Waals surface area contributed by atoms with Gasteiger partial charge in [0, 0.05) is 0 Å². The summed E-state index contributed by atoms with van der Waals surface area (Å²) < 4.78 is 43.8. The van der Waals surface area contributed by atoms with Crippen LogP contribution in [0.4, 0.5) is 17.6 Å². The van der Waals surface area contributed by atoms with Crippen molar-refractivity contribution in [2.24, 2.45) is 0 Å². The molecule has 0 N–H and O–H groups in total. The van der Waals surface area contributed by atoms with Crippen molar-refractivity contribution in [1.82, 2.24) is 0 Å². The van der Waals surface area contributed by atoms with Gasteiger partial charge in [0.2, 0.25) is 8.67 Å². The average molecular weight is 426 g/mol. The second-order valence-electron chi connectivity index (χ2n) is 2.14. The van der Waals surface area contributed by atoms with Crippen LogP contribution in [0.2, 0.25) is 0 Å². The minimum Gasteiger partial charge on any atom is -0.190 e. The van der Waals surface area contributed by atoms with Crippen molar-refractivity contribution in [3.8, 4) is 0 Å². The standard InChI is InChI=1S/C4Br2Cl4F4/c5-3(11,12)1(7,8)2(9,10)4(6,13)14. The van der Waals surface area contributed by atoms with E-state index in [4.69, 9.17) is 46.4 Å². The number of rotatable bonds is 3. The third kappa shape index (κ3) is 2.74. The van der Waals surface area contributed by atoms with Gasteiger partial charge in [-0.2, -0.15) is 17.6 Å². The summed E-state index contributed by atoms with van der Waals surface area (Å²) in [6, 6.07) is 0. The van der Waals surface area contributed by atoms with E-state index in [2.05, 4.69) is 0 Å². The molecule has 0 radical (unpaired) electrons. The van der Waals surface area contributed by atoms with Crippen LogP contribution in [0.25, 0.3) is 0 Å². The Morgan fingerprint density at radius 1 is 0.643 bits per heavy atom. The van der Waals surface area contributed by atoms with Crippen molar-refractivity contribution in [1.29, 1.82) is 0 Å². The molecule has 0 heterocycles. The molecule has 0 aromatic heterocycles. The zero-order valence-electron chi connectivity index (χ0n) is 5.78. The van der Waals surface area contributed by atoms with E-state index in [0.717, 1.165) is 0 Å². The number of hydrogen-bond donors (Lipinski definition) is 0. The van der Waals surface area contributed by atoms with Gasteiger partial charge in [-0.15, -0.1) is 0 Å². The van der Waals surface area contributed by atoms with E-state index < -0.39 is 18.3 Å². The smallest absolute Gasteiger partial charge is 0.190 e. The Morgan fingerprint density at radius 3 is 0.857 bits per heavy atom. The largest absolute Gasteiger partial charge is 0.336 e. The van der Waals surface area contributed by atoms with Crippen LogP contribution < -0.4 is 0 Å².